The van der Waals surface area contributed by atoms with Crippen molar-refractivity contribution in [2.75, 3.05) is 0 Å². The third kappa shape index (κ3) is 2.21. The van der Waals surface area contributed by atoms with Gasteiger partial charge in [0.15, 0.2) is 0 Å². The number of fused-ring (bicyclic) bond motifs is 1. The third-order valence-corrected chi connectivity index (χ3v) is 4.44. The molecule has 0 aliphatic rings. The van der Waals surface area contributed by atoms with Crippen LogP contribution in [0.2, 0.25) is 0 Å². The Balaban J connectivity index is 2.16. The van der Waals surface area contributed by atoms with Crippen molar-refractivity contribution in [3.8, 4) is 0 Å². The van der Waals surface area contributed by atoms with Crippen LogP contribution in [-0.4, -0.2) is 0 Å². The second-order valence-corrected chi connectivity index (χ2v) is 5.72. The summed E-state index contributed by atoms with van der Waals surface area (Å²) >= 11 is 3.82. The molecule has 1 atom stereocenters. The molecule has 0 bridgehead atoms. The summed E-state index contributed by atoms with van der Waals surface area (Å²) in [7, 11) is 0. The number of alkyl halides is 1. The summed E-state index contributed by atoms with van der Waals surface area (Å²) in [6.07, 6.45) is 0. The zero-order chi connectivity index (χ0) is 13.4. The van der Waals surface area contributed by atoms with Gasteiger partial charge in [0.2, 0.25) is 0 Å². The van der Waals surface area contributed by atoms with Gasteiger partial charge in [-0.05, 0) is 36.2 Å². The van der Waals surface area contributed by atoms with E-state index in [-0.39, 0.29) is 4.83 Å². The first kappa shape index (κ1) is 12.5. The second-order valence-electron chi connectivity index (χ2n) is 4.80. The minimum absolute atomic E-state index is 0.163. The van der Waals surface area contributed by atoms with Crippen LogP contribution in [0.4, 0.5) is 0 Å². The predicted octanol–water partition coefficient (Wildman–Crippen LogP) is 5.53. The van der Waals surface area contributed by atoms with Gasteiger partial charge < -0.3 is 4.42 Å². The van der Waals surface area contributed by atoms with Crippen molar-refractivity contribution in [1.29, 1.82) is 0 Å². The maximum absolute atomic E-state index is 5.64. The van der Waals surface area contributed by atoms with Gasteiger partial charge in [0.1, 0.15) is 11.5 Å². The quantitative estimate of drug-likeness (QED) is 0.566. The van der Waals surface area contributed by atoms with Crippen molar-refractivity contribution in [2.45, 2.75) is 18.7 Å². The first-order valence-electron chi connectivity index (χ1n) is 6.35. The molecule has 3 rings (SSSR count). The van der Waals surface area contributed by atoms with Gasteiger partial charge in [0.05, 0.1) is 4.83 Å². The largest absolute Gasteiger partial charge is 0.466 e. The molecule has 19 heavy (non-hydrogen) atoms. The Kier molecular flexibility index (Phi) is 3.19. The Hall–Kier alpha value is -1.54. The smallest absolute Gasteiger partial charge is 0.105 e. The molecule has 0 amide bonds. The van der Waals surface area contributed by atoms with Crippen LogP contribution in [0.25, 0.3) is 10.8 Å². The Bertz CT molecular complexity index is 722. The van der Waals surface area contributed by atoms with E-state index in [0.717, 1.165) is 11.5 Å². The number of hydrogen-bond acceptors (Lipinski definition) is 1. The molecular weight excluding hydrogens is 300 g/mol. The lowest BCUT2D eigenvalue weighted by molar-refractivity contribution is 0.502. The van der Waals surface area contributed by atoms with Gasteiger partial charge in [-0.25, -0.2) is 0 Å². The van der Waals surface area contributed by atoms with Crippen LogP contribution in [0.1, 0.15) is 27.5 Å². The molecule has 0 aliphatic heterocycles. The maximum atomic E-state index is 5.64. The lowest BCUT2D eigenvalue weighted by Crippen LogP contribution is -1.94. The molecule has 2 heteroatoms. The van der Waals surface area contributed by atoms with Gasteiger partial charge in [-0.15, -0.1) is 0 Å². The van der Waals surface area contributed by atoms with Gasteiger partial charge >= 0.3 is 0 Å². The molecule has 0 radical (unpaired) electrons. The number of furan rings is 1. The minimum Gasteiger partial charge on any atom is -0.466 e. The first-order valence-corrected chi connectivity index (χ1v) is 7.27. The molecule has 0 N–H and O–H groups in total. The predicted molar refractivity (Wildman–Crippen MR) is 82.9 cm³/mol. The molecule has 0 aliphatic carbocycles. The Labute approximate surface area is 121 Å². The SMILES string of the molecule is Cc1cc(C(Br)c2cccc3ccccc23)c(C)o1. The highest BCUT2D eigenvalue weighted by atomic mass is 79.9. The molecule has 0 spiro atoms. The average molecular weight is 315 g/mol. The van der Waals surface area contributed by atoms with E-state index >= 15 is 0 Å². The fourth-order valence-electron chi connectivity index (χ4n) is 2.54. The fraction of sp³-hybridized carbons (Fsp3) is 0.176. The van der Waals surface area contributed by atoms with Crippen LogP contribution in [0.3, 0.4) is 0 Å². The summed E-state index contributed by atoms with van der Waals surface area (Å²) in [4.78, 5) is 0.163. The number of aryl methyl sites for hydroxylation is 2. The normalized spacial score (nSPS) is 12.8. The summed E-state index contributed by atoms with van der Waals surface area (Å²) in [5.74, 6) is 1.93. The lowest BCUT2D eigenvalue weighted by Gasteiger charge is -2.12. The minimum atomic E-state index is 0.163. The van der Waals surface area contributed by atoms with Crippen molar-refractivity contribution < 1.29 is 4.42 Å². The molecule has 96 valence electrons. The molecule has 1 heterocycles. The highest BCUT2D eigenvalue weighted by molar-refractivity contribution is 9.09. The molecule has 0 fully saturated rings. The molecule has 2 aromatic carbocycles. The van der Waals surface area contributed by atoms with E-state index in [4.69, 9.17) is 4.42 Å². The van der Waals surface area contributed by atoms with E-state index < -0.39 is 0 Å². The molecule has 0 saturated heterocycles. The molecular formula is C17H15BrO. The van der Waals surface area contributed by atoms with Crippen molar-refractivity contribution in [1.82, 2.24) is 0 Å². The third-order valence-electron chi connectivity index (χ3n) is 3.45. The van der Waals surface area contributed by atoms with Gasteiger partial charge in [0.25, 0.3) is 0 Å². The molecule has 1 unspecified atom stereocenters. The van der Waals surface area contributed by atoms with E-state index in [9.17, 15) is 0 Å². The Morgan fingerprint density at radius 1 is 0.947 bits per heavy atom. The average Bonchev–Trinajstić information content (AvgIpc) is 2.76. The van der Waals surface area contributed by atoms with E-state index in [0.29, 0.717) is 0 Å². The molecule has 0 saturated carbocycles. The molecule has 1 aromatic heterocycles. The van der Waals surface area contributed by atoms with Gasteiger partial charge in [-0.3, -0.25) is 0 Å². The maximum Gasteiger partial charge on any atom is 0.105 e. The van der Waals surface area contributed by atoms with Gasteiger partial charge in [-0.1, -0.05) is 58.4 Å². The van der Waals surface area contributed by atoms with Crippen molar-refractivity contribution in [3.05, 3.63) is 71.2 Å². The summed E-state index contributed by atoms with van der Waals surface area (Å²) < 4.78 is 5.64. The standard InChI is InChI=1S/C17H15BrO/c1-11-10-16(12(2)19-11)17(18)15-9-5-7-13-6-3-4-8-14(13)15/h3-10,17H,1-2H3. The molecule has 3 aromatic rings. The van der Waals surface area contributed by atoms with Crippen LogP contribution in [-0.2, 0) is 0 Å². The zero-order valence-electron chi connectivity index (χ0n) is 11.0. The summed E-state index contributed by atoms with van der Waals surface area (Å²) in [5.41, 5.74) is 2.48. The van der Waals surface area contributed by atoms with E-state index in [1.807, 2.05) is 13.8 Å². The summed E-state index contributed by atoms with van der Waals surface area (Å²) in [5, 5.41) is 2.55. The van der Waals surface area contributed by atoms with Crippen LogP contribution in [0, 0.1) is 13.8 Å². The topological polar surface area (TPSA) is 13.1 Å². The second kappa shape index (κ2) is 4.86. The lowest BCUT2D eigenvalue weighted by atomic mass is 9.98. The highest BCUT2D eigenvalue weighted by Gasteiger charge is 2.18. The van der Waals surface area contributed by atoms with Crippen molar-refractivity contribution in [2.24, 2.45) is 0 Å². The van der Waals surface area contributed by atoms with Crippen LogP contribution < -0.4 is 0 Å². The monoisotopic (exact) mass is 314 g/mol. The summed E-state index contributed by atoms with van der Waals surface area (Å²) in [6.45, 7) is 4.00. The van der Waals surface area contributed by atoms with Gasteiger partial charge in [-0.2, -0.15) is 0 Å². The Morgan fingerprint density at radius 3 is 2.42 bits per heavy atom. The number of rotatable bonds is 2. The number of hydrogen-bond donors (Lipinski definition) is 0. The van der Waals surface area contributed by atoms with Crippen LogP contribution in [0.15, 0.2) is 52.9 Å². The van der Waals surface area contributed by atoms with E-state index in [1.165, 1.54) is 21.9 Å². The van der Waals surface area contributed by atoms with E-state index in [2.05, 4.69) is 64.5 Å². The van der Waals surface area contributed by atoms with E-state index in [1.54, 1.807) is 0 Å². The number of halogens is 1. The van der Waals surface area contributed by atoms with Crippen LogP contribution >= 0.6 is 15.9 Å². The van der Waals surface area contributed by atoms with Crippen molar-refractivity contribution in [3.63, 3.8) is 0 Å². The fourth-order valence-corrected chi connectivity index (χ4v) is 3.39. The van der Waals surface area contributed by atoms with Crippen LogP contribution in [0.5, 0.6) is 0 Å². The number of benzene rings is 2. The Morgan fingerprint density at radius 2 is 1.68 bits per heavy atom. The van der Waals surface area contributed by atoms with Crippen molar-refractivity contribution >= 4 is 26.7 Å². The first-order chi connectivity index (χ1) is 9.16. The highest BCUT2D eigenvalue weighted by Crippen LogP contribution is 2.37. The summed E-state index contributed by atoms with van der Waals surface area (Å²) in [6, 6.07) is 17.0. The molecule has 1 nitrogen and oxygen atoms in total. The zero-order valence-corrected chi connectivity index (χ0v) is 12.6. The van der Waals surface area contributed by atoms with Gasteiger partial charge in [0, 0.05) is 5.56 Å².